The molecule has 0 spiro atoms. The molecule has 1 aliphatic heterocycles. The first-order valence-corrected chi connectivity index (χ1v) is 9.33. The van der Waals surface area contributed by atoms with Gasteiger partial charge in [0, 0.05) is 0 Å². The monoisotopic (exact) mass is 390 g/mol. The molecule has 0 atom stereocenters. The van der Waals surface area contributed by atoms with E-state index in [2.05, 4.69) is 10.6 Å². The second kappa shape index (κ2) is 8.41. The van der Waals surface area contributed by atoms with Crippen molar-refractivity contribution in [3.05, 3.63) is 46.9 Å². The topological polar surface area (TPSA) is 93.7 Å². The summed E-state index contributed by atoms with van der Waals surface area (Å²) in [5.74, 6) is -1.39. The van der Waals surface area contributed by atoms with Gasteiger partial charge in [0.1, 0.15) is 12.4 Å². The Balaban J connectivity index is 1.79. The summed E-state index contributed by atoms with van der Waals surface area (Å²) < 4.78 is 23.8. The molecule has 1 aromatic rings. The lowest BCUT2D eigenvalue weighted by Gasteiger charge is -2.28. The predicted molar refractivity (Wildman–Crippen MR) is 97.7 cm³/mol. The van der Waals surface area contributed by atoms with Gasteiger partial charge in [0.25, 0.3) is 0 Å². The van der Waals surface area contributed by atoms with Gasteiger partial charge in [-0.1, -0.05) is 25.0 Å². The Bertz CT molecular complexity index is 797. The van der Waals surface area contributed by atoms with Crippen molar-refractivity contribution in [2.75, 3.05) is 19.8 Å². The minimum atomic E-state index is -0.838. The number of rotatable bonds is 6. The van der Waals surface area contributed by atoms with Gasteiger partial charge in [-0.05, 0) is 37.5 Å². The lowest BCUT2D eigenvalue weighted by atomic mass is 9.79. The number of hydrogen-bond acceptors (Lipinski definition) is 5. The number of nitrogens with one attached hydrogen (secondary N) is 2. The van der Waals surface area contributed by atoms with E-state index >= 15 is 0 Å². The lowest BCUT2D eigenvalue weighted by Crippen LogP contribution is -2.45. The maximum Gasteiger partial charge on any atom is 0.337 e. The largest absolute Gasteiger partial charge is 0.463 e. The van der Waals surface area contributed by atoms with Crippen molar-refractivity contribution >= 4 is 18.0 Å². The van der Waals surface area contributed by atoms with E-state index in [-0.39, 0.29) is 36.8 Å². The van der Waals surface area contributed by atoms with Crippen LogP contribution in [0.2, 0.25) is 0 Å². The molecule has 3 rings (SSSR count). The van der Waals surface area contributed by atoms with Gasteiger partial charge < -0.3 is 20.1 Å². The minimum absolute atomic E-state index is 0.000650. The molecule has 7 nitrogen and oxygen atoms in total. The fourth-order valence-corrected chi connectivity index (χ4v) is 3.70. The van der Waals surface area contributed by atoms with Crippen molar-refractivity contribution in [3.8, 4) is 0 Å². The Morgan fingerprint density at radius 2 is 1.82 bits per heavy atom. The molecule has 1 heterocycles. The molecule has 2 aliphatic rings. The molecule has 1 aromatic carbocycles. The zero-order valence-corrected chi connectivity index (χ0v) is 15.7. The van der Waals surface area contributed by atoms with Gasteiger partial charge in [0.2, 0.25) is 0 Å². The third-order valence-electron chi connectivity index (χ3n) is 5.17. The highest BCUT2D eigenvalue weighted by Crippen LogP contribution is 2.42. The molecule has 0 radical (unpaired) electrons. The molecule has 1 fully saturated rings. The van der Waals surface area contributed by atoms with Gasteiger partial charge in [-0.15, -0.1) is 0 Å². The van der Waals surface area contributed by atoms with Gasteiger partial charge in [-0.25, -0.2) is 14.0 Å². The Hall–Kier alpha value is -2.90. The van der Waals surface area contributed by atoms with E-state index in [4.69, 9.17) is 9.47 Å². The fraction of sp³-hybridized carbons (Fsp3) is 0.450. The highest BCUT2D eigenvalue weighted by atomic mass is 19.1. The smallest absolute Gasteiger partial charge is 0.337 e. The van der Waals surface area contributed by atoms with E-state index in [0.717, 1.165) is 12.8 Å². The van der Waals surface area contributed by atoms with Gasteiger partial charge in [0.15, 0.2) is 0 Å². The van der Waals surface area contributed by atoms with E-state index in [1.165, 1.54) is 12.1 Å². The average Bonchev–Trinajstić information content (AvgIpc) is 3.18. The molecule has 150 valence electrons. The van der Waals surface area contributed by atoms with Crippen molar-refractivity contribution in [1.82, 2.24) is 10.6 Å². The number of halogens is 1. The Labute approximate surface area is 162 Å². The molecule has 0 bridgehead atoms. The molecule has 0 saturated heterocycles. The van der Waals surface area contributed by atoms with E-state index in [1.807, 2.05) is 0 Å². The second-order valence-corrected chi connectivity index (χ2v) is 6.86. The standard InChI is InChI=1S/C20H23FN2O5/c1-2-27-17(24)15-11-22-19(26)23-16(15)12-28-18(25)20(9-3-4-10-20)13-5-7-14(21)8-6-13/h5-8H,2-4,9-12H2,1H3,(H2,22,23,26). The lowest BCUT2D eigenvalue weighted by molar-refractivity contribution is -0.150. The molecular formula is C20H23FN2O5. The summed E-state index contributed by atoms with van der Waals surface area (Å²) >= 11 is 0. The van der Waals surface area contributed by atoms with Gasteiger partial charge in [-0.3, -0.25) is 4.79 Å². The zero-order valence-electron chi connectivity index (χ0n) is 15.7. The summed E-state index contributed by atoms with van der Waals surface area (Å²) in [5.41, 5.74) is 0.305. The molecule has 1 aliphatic carbocycles. The number of carbonyl (C=O) groups excluding carboxylic acids is 3. The van der Waals surface area contributed by atoms with Crippen LogP contribution in [0.25, 0.3) is 0 Å². The van der Waals surface area contributed by atoms with Crippen molar-refractivity contribution in [3.63, 3.8) is 0 Å². The highest BCUT2D eigenvalue weighted by Gasteiger charge is 2.44. The summed E-state index contributed by atoms with van der Waals surface area (Å²) in [4.78, 5) is 36.7. The maximum atomic E-state index is 13.3. The molecular weight excluding hydrogens is 367 g/mol. The van der Waals surface area contributed by atoms with E-state index in [0.29, 0.717) is 18.4 Å². The van der Waals surface area contributed by atoms with Crippen LogP contribution in [0.4, 0.5) is 9.18 Å². The van der Waals surface area contributed by atoms with Crippen LogP contribution in [0.5, 0.6) is 0 Å². The third kappa shape index (κ3) is 4.00. The first-order valence-electron chi connectivity index (χ1n) is 9.33. The normalized spacial score (nSPS) is 18.3. The molecule has 1 saturated carbocycles. The van der Waals surface area contributed by atoms with Crippen molar-refractivity contribution in [2.45, 2.75) is 38.0 Å². The number of carbonyl (C=O) groups is 3. The second-order valence-electron chi connectivity index (χ2n) is 6.86. The molecule has 0 aromatic heterocycles. The molecule has 8 heteroatoms. The Kier molecular flexibility index (Phi) is 5.96. The van der Waals surface area contributed by atoms with E-state index in [1.54, 1.807) is 19.1 Å². The number of esters is 2. The number of amides is 2. The zero-order chi connectivity index (χ0) is 20.1. The average molecular weight is 390 g/mol. The number of ether oxygens (including phenoxy) is 2. The Morgan fingerprint density at radius 1 is 1.14 bits per heavy atom. The van der Waals surface area contributed by atoms with Gasteiger partial charge in [0.05, 0.1) is 29.8 Å². The molecule has 0 unspecified atom stereocenters. The van der Waals surface area contributed by atoms with Crippen LogP contribution in [-0.2, 0) is 24.5 Å². The fourth-order valence-electron chi connectivity index (χ4n) is 3.70. The SMILES string of the molecule is CCOC(=O)C1=C(COC(=O)C2(c3ccc(F)cc3)CCCC2)NC(=O)NC1. The summed E-state index contributed by atoms with van der Waals surface area (Å²) in [6.07, 6.45) is 2.94. The first kappa shape index (κ1) is 19.9. The Morgan fingerprint density at radius 3 is 2.46 bits per heavy atom. The van der Waals surface area contributed by atoms with Gasteiger partial charge >= 0.3 is 18.0 Å². The number of urea groups is 1. The van der Waals surface area contributed by atoms with Crippen LogP contribution in [0.1, 0.15) is 38.2 Å². The van der Waals surface area contributed by atoms with Crippen LogP contribution < -0.4 is 10.6 Å². The van der Waals surface area contributed by atoms with Crippen LogP contribution in [0.3, 0.4) is 0 Å². The van der Waals surface area contributed by atoms with Crippen LogP contribution in [0.15, 0.2) is 35.5 Å². The molecule has 28 heavy (non-hydrogen) atoms. The maximum absolute atomic E-state index is 13.3. The number of hydrogen-bond donors (Lipinski definition) is 2. The van der Waals surface area contributed by atoms with Crippen molar-refractivity contribution in [1.29, 1.82) is 0 Å². The van der Waals surface area contributed by atoms with E-state index in [9.17, 15) is 18.8 Å². The quantitative estimate of drug-likeness (QED) is 0.727. The highest BCUT2D eigenvalue weighted by molar-refractivity contribution is 5.94. The third-order valence-corrected chi connectivity index (χ3v) is 5.17. The van der Waals surface area contributed by atoms with Gasteiger partial charge in [-0.2, -0.15) is 0 Å². The predicted octanol–water partition coefficient (Wildman–Crippen LogP) is 2.31. The van der Waals surface area contributed by atoms with Crippen LogP contribution in [0, 0.1) is 5.82 Å². The first-order chi connectivity index (χ1) is 13.5. The van der Waals surface area contributed by atoms with Crippen LogP contribution >= 0.6 is 0 Å². The van der Waals surface area contributed by atoms with Crippen molar-refractivity contribution in [2.24, 2.45) is 0 Å². The van der Waals surface area contributed by atoms with Crippen molar-refractivity contribution < 1.29 is 28.2 Å². The summed E-state index contributed by atoms with van der Waals surface area (Å²) in [6, 6.07) is 5.40. The summed E-state index contributed by atoms with van der Waals surface area (Å²) in [5, 5.41) is 5.01. The van der Waals surface area contributed by atoms with E-state index < -0.39 is 23.4 Å². The molecule has 2 N–H and O–H groups in total. The number of benzene rings is 1. The summed E-state index contributed by atoms with van der Waals surface area (Å²) in [7, 11) is 0. The minimum Gasteiger partial charge on any atom is -0.463 e. The summed E-state index contributed by atoms with van der Waals surface area (Å²) in [6.45, 7) is 1.63. The van der Waals surface area contributed by atoms with Crippen LogP contribution in [-0.4, -0.2) is 37.7 Å². The molecule has 2 amide bonds.